The Morgan fingerprint density at radius 1 is 1.21 bits per heavy atom. The molecule has 1 amide bonds. The van der Waals surface area contributed by atoms with Crippen LogP contribution in [0.25, 0.3) is 6.08 Å². The molecule has 154 valence electrons. The summed E-state index contributed by atoms with van der Waals surface area (Å²) in [4.78, 5) is 23.5. The van der Waals surface area contributed by atoms with Gasteiger partial charge in [-0.1, -0.05) is 17.4 Å². The lowest BCUT2D eigenvalue weighted by atomic mass is 10.2. The summed E-state index contributed by atoms with van der Waals surface area (Å²) in [7, 11) is 3.08. The van der Waals surface area contributed by atoms with Crippen molar-refractivity contribution < 1.29 is 23.8 Å². The highest BCUT2D eigenvalue weighted by Gasteiger charge is 2.11. The average Bonchev–Trinajstić information content (AvgIpc) is 3.12. The molecule has 0 saturated heterocycles. The SMILES string of the molecule is CCOC(=O)Cc1nnc(NC(=S)NC(=O)/C=C/c2ccc(OC)c(OC)c2)s1. The predicted octanol–water partition coefficient (Wildman–Crippen LogP) is 2.19. The molecule has 29 heavy (non-hydrogen) atoms. The summed E-state index contributed by atoms with van der Waals surface area (Å²) >= 11 is 6.23. The number of hydrogen-bond acceptors (Lipinski definition) is 9. The van der Waals surface area contributed by atoms with E-state index in [-0.39, 0.29) is 17.5 Å². The zero-order valence-corrected chi connectivity index (χ0v) is 17.7. The smallest absolute Gasteiger partial charge is 0.312 e. The van der Waals surface area contributed by atoms with Gasteiger partial charge >= 0.3 is 5.97 Å². The molecule has 0 saturated carbocycles. The number of thiocarbonyl (C=S) groups is 1. The number of aromatic nitrogens is 2. The number of benzene rings is 1. The lowest BCUT2D eigenvalue weighted by molar-refractivity contribution is -0.142. The highest BCUT2D eigenvalue weighted by molar-refractivity contribution is 7.80. The summed E-state index contributed by atoms with van der Waals surface area (Å²) in [5.74, 6) is 0.348. The van der Waals surface area contributed by atoms with E-state index in [1.165, 1.54) is 13.2 Å². The van der Waals surface area contributed by atoms with Gasteiger partial charge in [-0.2, -0.15) is 0 Å². The highest BCUT2D eigenvalue weighted by Crippen LogP contribution is 2.27. The molecule has 1 aromatic heterocycles. The Morgan fingerprint density at radius 3 is 2.66 bits per heavy atom. The Hall–Kier alpha value is -3.05. The number of methoxy groups -OCH3 is 2. The zero-order chi connectivity index (χ0) is 21.2. The van der Waals surface area contributed by atoms with Gasteiger partial charge in [0.15, 0.2) is 16.6 Å². The van der Waals surface area contributed by atoms with E-state index < -0.39 is 5.91 Å². The van der Waals surface area contributed by atoms with Crippen molar-refractivity contribution >= 4 is 51.8 Å². The maximum Gasteiger partial charge on any atom is 0.312 e. The summed E-state index contributed by atoms with van der Waals surface area (Å²) in [5.41, 5.74) is 0.754. The first-order chi connectivity index (χ1) is 13.9. The Labute approximate surface area is 177 Å². The van der Waals surface area contributed by atoms with Gasteiger partial charge in [-0.05, 0) is 42.9 Å². The van der Waals surface area contributed by atoms with Crippen LogP contribution in [0.1, 0.15) is 17.5 Å². The molecule has 0 unspecified atom stereocenters. The molecule has 0 aliphatic heterocycles. The number of esters is 1. The van der Waals surface area contributed by atoms with Crippen LogP contribution in [0, 0.1) is 0 Å². The third-order valence-corrected chi connectivity index (χ3v) is 4.40. The van der Waals surface area contributed by atoms with Crippen molar-refractivity contribution in [3.63, 3.8) is 0 Å². The second-order valence-corrected chi connectivity index (χ2v) is 6.84. The van der Waals surface area contributed by atoms with Crippen molar-refractivity contribution in [2.45, 2.75) is 13.3 Å². The van der Waals surface area contributed by atoms with E-state index in [1.54, 1.807) is 38.3 Å². The van der Waals surface area contributed by atoms with Gasteiger partial charge in [0.25, 0.3) is 0 Å². The third-order valence-electron chi connectivity index (χ3n) is 3.36. The molecule has 0 fully saturated rings. The molecule has 2 aromatic rings. The Morgan fingerprint density at radius 2 is 1.97 bits per heavy atom. The van der Waals surface area contributed by atoms with Crippen molar-refractivity contribution in [2.75, 3.05) is 26.1 Å². The van der Waals surface area contributed by atoms with Gasteiger partial charge < -0.3 is 19.5 Å². The fourth-order valence-corrected chi connectivity index (χ4v) is 3.11. The number of rotatable bonds is 8. The number of carbonyl (C=O) groups excluding carboxylic acids is 2. The van der Waals surface area contributed by atoms with Crippen LogP contribution in [-0.2, 0) is 20.7 Å². The molecule has 0 radical (unpaired) electrons. The molecule has 2 N–H and O–H groups in total. The van der Waals surface area contributed by atoms with Crippen LogP contribution in [0.4, 0.5) is 5.13 Å². The van der Waals surface area contributed by atoms with Crippen LogP contribution in [0.15, 0.2) is 24.3 Å². The van der Waals surface area contributed by atoms with E-state index in [0.717, 1.165) is 16.9 Å². The molecular formula is C18H20N4O5S2. The van der Waals surface area contributed by atoms with Crippen molar-refractivity contribution in [1.29, 1.82) is 0 Å². The second-order valence-electron chi connectivity index (χ2n) is 5.37. The molecule has 11 heteroatoms. The van der Waals surface area contributed by atoms with Gasteiger partial charge in [-0.25, -0.2) is 0 Å². The standard InChI is InChI=1S/C18H20N4O5S2/c1-4-27-16(24)10-15-21-22-18(29-15)20-17(28)19-14(23)8-6-11-5-7-12(25-2)13(9-11)26-3/h5-9H,4,10H2,1-3H3,(H2,19,20,22,23,28)/b8-6+. The topological polar surface area (TPSA) is 112 Å². The summed E-state index contributed by atoms with van der Waals surface area (Å²) in [6.07, 6.45) is 2.98. The van der Waals surface area contributed by atoms with Crippen LogP contribution >= 0.6 is 23.6 Å². The van der Waals surface area contributed by atoms with E-state index in [1.807, 2.05) is 0 Å². The normalized spacial score (nSPS) is 10.4. The summed E-state index contributed by atoms with van der Waals surface area (Å²) in [6, 6.07) is 5.27. The largest absolute Gasteiger partial charge is 0.493 e. The van der Waals surface area contributed by atoms with Crippen LogP contribution in [-0.4, -0.2) is 48.0 Å². The lowest BCUT2D eigenvalue weighted by Gasteiger charge is -2.07. The van der Waals surface area contributed by atoms with E-state index in [9.17, 15) is 9.59 Å². The fraction of sp³-hybridized carbons (Fsp3) is 0.278. The van der Waals surface area contributed by atoms with Gasteiger partial charge in [-0.3, -0.25) is 14.9 Å². The zero-order valence-electron chi connectivity index (χ0n) is 16.1. The van der Waals surface area contributed by atoms with Gasteiger partial charge in [0.1, 0.15) is 5.01 Å². The molecule has 0 bridgehead atoms. The predicted molar refractivity (Wildman–Crippen MR) is 113 cm³/mol. The molecule has 9 nitrogen and oxygen atoms in total. The Balaban J connectivity index is 1.88. The first kappa shape index (κ1) is 22.2. The molecule has 1 aromatic carbocycles. The van der Waals surface area contributed by atoms with Crippen molar-refractivity contribution in [3.8, 4) is 11.5 Å². The van der Waals surface area contributed by atoms with Crippen molar-refractivity contribution in [1.82, 2.24) is 15.5 Å². The third kappa shape index (κ3) is 7.12. The number of anilines is 1. The molecule has 0 atom stereocenters. The van der Waals surface area contributed by atoms with E-state index >= 15 is 0 Å². The maximum atomic E-state index is 12.0. The lowest BCUT2D eigenvalue weighted by Crippen LogP contribution is -2.32. The minimum atomic E-state index is -0.423. The minimum absolute atomic E-state index is 0.0281. The number of carbonyl (C=O) groups is 2. The first-order valence-corrected chi connectivity index (χ1v) is 9.67. The van der Waals surface area contributed by atoms with Gasteiger partial charge in [0.2, 0.25) is 11.0 Å². The fourth-order valence-electron chi connectivity index (χ4n) is 2.12. The summed E-state index contributed by atoms with van der Waals surface area (Å²) in [5, 5.41) is 13.9. The number of ether oxygens (including phenoxy) is 3. The number of nitrogens with one attached hydrogen (secondary N) is 2. The van der Waals surface area contributed by atoms with E-state index in [2.05, 4.69) is 20.8 Å². The number of hydrogen-bond donors (Lipinski definition) is 2. The van der Waals surface area contributed by atoms with Crippen LogP contribution < -0.4 is 20.1 Å². The van der Waals surface area contributed by atoms with Crippen LogP contribution in [0.5, 0.6) is 11.5 Å². The van der Waals surface area contributed by atoms with Gasteiger partial charge in [0.05, 0.1) is 27.2 Å². The Kier molecular flexibility index (Phi) is 8.49. The van der Waals surface area contributed by atoms with Crippen LogP contribution in [0.2, 0.25) is 0 Å². The van der Waals surface area contributed by atoms with Gasteiger partial charge in [0, 0.05) is 6.08 Å². The summed E-state index contributed by atoms with van der Waals surface area (Å²) in [6.45, 7) is 2.03. The van der Waals surface area contributed by atoms with Gasteiger partial charge in [-0.15, -0.1) is 10.2 Å². The molecule has 2 rings (SSSR count). The molecular weight excluding hydrogens is 416 g/mol. The molecule has 0 spiro atoms. The molecule has 0 aliphatic carbocycles. The average molecular weight is 437 g/mol. The van der Waals surface area contributed by atoms with E-state index in [4.69, 9.17) is 26.4 Å². The molecule has 1 heterocycles. The quantitative estimate of drug-likeness (QED) is 0.365. The monoisotopic (exact) mass is 436 g/mol. The van der Waals surface area contributed by atoms with Crippen molar-refractivity contribution in [3.05, 3.63) is 34.8 Å². The Bertz CT molecular complexity index is 913. The van der Waals surface area contributed by atoms with E-state index in [0.29, 0.717) is 28.2 Å². The summed E-state index contributed by atoms with van der Waals surface area (Å²) < 4.78 is 15.2. The maximum absolute atomic E-state index is 12.0. The second kappa shape index (κ2) is 11.1. The highest BCUT2D eigenvalue weighted by atomic mass is 32.1. The molecule has 0 aliphatic rings. The number of nitrogens with zero attached hydrogens (tertiary/aromatic N) is 2. The first-order valence-electron chi connectivity index (χ1n) is 8.45. The van der Waals surface area contributed by atoms with Crippen molar-refractivity contribution in [2.24, 2.45) is 0 Å². The van der Waals surface area contributed by atoms with Crippen LogP contribution in [0.3, 0.4) is 0 Å². The minimum Gasteiger partial charge on any atom is -0.493 e. The number of amides is 1.